The molecule has 1 aromatic heterocycles. The third-order valence-corrected chi connectivity index (χ3v) is 4.14. The van der Waals surface area contributed by atoms with Crippen molar-refractivity contribution in [2.75, 3.05) is 13.2 Å². The number of pyridine rings is 1. The van der Waals surface area contributed by atoms with Gasteiger partial charge < -0.3 is 15.2 Å². The normalized spacial score (nSPS) is 15.0. The summed E-state index contributed by atoms with van der Waals surface area (Å²) < 4.78 is 5.63. The molecular weight excluding hydrogens is 292 g/mol. The highest BCUT2D eigenvalue weighted by atomic mass is 16.5. The molecule has 0 unspecified atom stereocenters. The number of carbonyl (C=O) groups excluding carboxylic acids is 1. The monoisotopic (exact) mass is 312 g/mol. The molecule has 1 heterocycles. The Labute approximate surface area is 135 Å². The number of aromatic nitrogens is 1. The summed E-state index contributed by atoms with van der Waals surface area (Å²) in [4.78, 5) is 16.3. The van der Waals surface area contributed by atoms with Crippen LogP contribution in [0.3, 0.4) is 0 Å². The van der Waals surface area contributed by atoms with Crippen molar-refractivity contribution >= 4 is 5.91 Å². The molecule has 1 aliphatic carbocycles. The van der Waals surface area contributed by atoms with Gasteiger partial charge in [0.1, 0.15) is 6.61 Å². The minimum atomic E-state index is -0.170. The third-order valence-electron chi connectivity index (χ3n) is 4.14. The van der Waals surface area contributed by atoms with E-state index in [1.165, 1.54) is 0 Å². The lowest BCUT2D eigenvalue weighted by Gasteiger charge is -2.13. The lowest BCUT2D eigenvalue weighted by molar-refractivity contribution is 0.0934. The molecule has 0 radical (unpaired) electrons. The molecule has 0 bridgehead atoms. The largest absolute Gasteiger partial charge is 0.473 e. The number of hydrogen-bond donors (Lipinski definition) is 2. The second-order valence-corrected chi connectivity index (χ2v) is 6.00. The van der Waals surface area contributed by atoms with Crippen LogP contribution in [-0.4, -0.2) is 29.1 Å². The van der Waals surface area contributed by atoms with Gasteiger partial charge in [-0.2, -0.15) is 0 Å². The molecule has 1 amide bonds. The molecule has 0 saturated heterocycles. The van der Waals surface area contributed by atoms with Gasteiger partial charge in [0.25, 0.3) is 5.91 Å². The molecule has 2 N–H and O–H groups in total. The fourth-order valence-corrected chi connectivity index (χ4v) is 2.30. The average Bonchev–Trinajstić information content (AvgIpc) is 3.40. The van der Waals surface area contributed by atoms with Crippen molar-refractivity contribution in [3.63, 3.8) is 0 Å². The van der Waals surface area contributed by atoms with Crippen LogP contribution in [0.2, 0.25) is 0 Å². The van der Waals surface area contributed by atoms with E-state index in [2.05, 4.69) is 10.3 Å². The fourth-order valence-electron chi connectivity index (χ4n) is 2.30. The lowest BCUT2D eigenvalue weighted by atomic mass is 10.1. The number of nitrogens with one attached hydrogen (secondary N) is 1. The highest BCUT2D eigenvalue weighted by molar-refractivity contribution is 5.94. The van der Waals surface area contributed by atoms with Crippen molar-refractivity contribution in [1.82, 2.24) is 10.3 Å². The van der Waals surface area contributed by atoms with Crippen molar-refractivity contribution in [3.05, 3.63) is 59.8 Å². The molecule has 1 saturated carbocycles. The van der Waals surface area contributed by atoms with Gasteiger partial charge in [-0.25, -0.2) is 4.98 Å². The van der Waals surface area contributed by atoms with Crippen molar-refractivity contribution in [2.45, 2.75) is 19.4 Å². The summed E-state index contributed by atoms with van der Waals surface area (Å²) in [6, 6.07) is 13.1. The average molecular weight is 312 g/mol. The molecular formula is C18H20N2O3. The Kier molecular flexibility index (Phi) is 4.57. The number of benzene rings is 1. The van der Waals surface area contributed by atoms with Crippen LogP contribution in [0.15, 0.2) is 48.7 Å². The number of carbonyl (C=O) groups is 1. The van der Waals surface area contributed by atoms with Crippen molar-refractivity contribution in [2.24, 2.45) is 5.41 Å². The summed E-state index contributed by atoms with van der Waals surface area (Å²) >= 11 is 0. The van der Waals surface area contributed by atoms with Crippen molar-refractivity contribution in [3.8, 4) is 5.88 Å². The Morgan fingerprint density at radius 1 is 1.26 bits per heavy atom. The maximum atomic E-state index is 12.2. The number of aliphatic hydroxyl groups is 1. The molecule has 5 nitrogen and oxygen atoms in total. The van der Waals surface area contributed by atoms with E-state index in [0.717, 1.165) is 18.4 Å². The van der Waals surface area contributed by atoms with E-state index in [0.29, 0.717) is 24.6 Å². The Bertz CT molecular complexity index is 669. The Morgan fingerprint density at radius 2 is 2.04 bits per heavy atom. The standard InChI is InChI=1S/C18H20N2O3/c21-13-18(7-8-18)12-20-17(22)15-6-9-19-16(10-15)23-11-14-4-2-1-3-5-14/h1-6,9-10,21H,7-8,11-13H2,(H,20,22). The van der Waals surface area contributed by atoms with Gasteiger partial charge in [-0.3, -0.25) is 4.79 Å². The van der Waals surface area contributed by atoms with Crippen LogP contribution in [0.25, 0.3) is 0 Å². The lowest BCUT2D eigenvalue weighted by Crippen LogP contribution is -2.31. The van der Waals surface area contributed by atoms with Gasteiger partial charge in [0.05, 0.1) is 6.61 Å². The van der Waals surface area contributed by atoms with Gasteiger partial charge in [0.15, 0.2) is 0 Å². The summed E-state index contributed by atoms with van der Waals surface area (Å²) in [6.45, 7) is 1.03. The third kappa shape index (κ3) is 4.07. The second-order valence-electron chi connectivity index (χ2n) is 6.00. The Morgan fingerprint density at radius 3 is 2.74 bits per heavy atom. The minimum Gasteiger partial charge on any atom is -0.473 e. The first-order valence-corrected chi connectivity index (χ1v) is 7.73. The molecule has 0 spiro atoms. The van der Waals surface area contributed by atoms with Gasteiger partial charge in [0.2, 0.25) is 5.88 Å². The van der Waals surface area contributed by atoms with E-state index in [1.54, 1.807) is 18.3 Å². The van der Waals surface area contributed by atoms with Crippen LogP contribution in [0.4, 0.5) is 0 Å². The van der Waals surface area contributed by atoms with Crippen molar-refractivity contribution < 1.29 is 14.6 Å². The predicted octanol–water partition coefficient (Wildman–Crippen LogP) is 2.16. The van der Waals surface area contributed by atoms with Gasteiger partial charge in [-0.05, 0) is 24.5 Å². The Hall–Kier alpha value is -2.40. The second kappa shape index (κ2) is 6.79. The molecule has 120 valence electrons. The van der Waals surface area contributed by atoms with E-state index in [-0.39, 0.29) is 17.9 Å². The van der Waals surface area contributed by atoms with Crippen LogP contribution >= 0.6 is 0 Å². The number of rotatable bonds is 7. The first-order chi connectivity index (χ1) is 11.2. The van der Waals surface area contributed by atoms with Crippen LogP contribution in [-0.2, 0) is 6.61 Å². The molecule has 1 aliphatic rings. The van der Waals surface area contributed by atoms with Gasteiger partial charge in [-0.15, -0.1) is 0 Å². The number of amides is 1. The quantitative estimate of drug-likeness (QED) is 0.822. The SMILES string of the molecule is O=C(NCC1(CO)CC1)c1ccnc(OCc2ccccc2)c1. The topological polar surface area (TPSA) is 71.5 Å². The molecule has 0 aliphatic heterocycles. The van der Waals surface area contributed by atoms with E-state index >= 15 is 0 Å². The number of hydrogen-bond acceptors (Lipinski definition) is 4. The van der Waals surface area contributed by atoms with Gasteiger partial charge in [0, 0.05) is 29.8 Å². The van der Waals surface area contributed by atoms with Gasteiger partial charge >= 0.3 is 0 Å². The zero-order valence-corrected chi connectivity index (χ0v) is 12.9. The molecule has 2 aromatic rings. The number of ether oxygens (including phenoxy) is 1. The van der Waals surface area contributed by atoms with Crippen molar-refractivity contribution in [1.29, 1.82) is 0 Å². The van der Waals surface area contributed by atoms with E-state index < -0.39 is 0 Å². The summed E-state index contributed by atoms with van der Waals surface area (Å²) in [5.74, 6) is 0.251. The van der Waals surface area contributed by atoms with Crippen LogP contribution in [0.1, 0.15) is 28.8 Å². The number of nitrogens with zero attached hydrogens (tertiary/aromatic N) is 1. The molecule has 0 atom stereocenters. The first-order valence-electron chi connectivity index (χ1n) is 7.73. The van der Waals surface area contributed by atoms with Crippen LogP contribution < -0.4 is 10.1 Å². The van der Waals surface area contributed by atoms with Crippen LogP contribution in [0.5, 0.6) is 5.88 Å². The first kappa shape index (κ1) is 15.5. The Balaban J connectivity index is 1.57. The summed E-state index contributed by atoms with van der Waals surface area (Å²) in [5.41, 5.74) is 1.45. The number of aliphatic hydroxyl groups excluding tert-OH is 1. The summed E-state index contributed by atoms with van der Waals surface area (Å²) in [6.07, 6.45) is 3.49. The highest BCUT2D eigenvalue weighted by Crippen LogP contribution is 2.44. The summed E-state index contributed by atoms with van der Waals surface area (Å²) in [7, 11) is 0. The minimum absolute atomic E-state index is 0.102. The molecule has 1 fully saturated rings. The highest BCUT2D eigenvalue weighted by Gasteiger charge is 2.42. The molecule has 3 rings (SSSR count). The fraction of sp³-hybridized carbons (Fsp3) is 0.333. The van der Waals surface area contributed by atoms with E-state index in [4.69, 9.17) is 4.74 Å². The smallest absolute Gasteiger partial charge is 0.251 e. The zero-order chi connectivity index (χ0) is 16.1. The maximum Gasteiger partial charge on any atom is 0.251 e. The summed E-state index contributed by atoms with van der Waals surface area (Å²) in [5, 5.41) is 12.2. The van der Waals surface area contributed by atoms with E-state index in [1.807, 2.05) is 30.3 Å². The molecule has 5 heteroatoms. The van der Waals surface area contributed by atoms with Gasteiger partial charge in [-0.1, -0.05) is 30.3 Å². The predicted molar refractivity (Wildman–Crippen MR) is 86.1 cm³/mol. The molecule has 23 heavy (non-hydrogen) atoms. The van der Waals surface area contributed by atoms with Crippen LogP contribution in [0, 0.1) is 5.41 Å². The van der Waals surface area contributed by atoms with E-state index in [9.17, 15) is 9.90 Å². The molecule has 1 aromatic carbocycles. The zero-order valence-electron chi connectivity index (χ0n) is 12.9. The maximum absolute atomic E-state index is 12.2.